The highest BCUT2D eigenvalue weighted by Gasteiger charge is 2.13. The van der Waals surface area contributed by atoms with Gasteiger partial charge >= 0.3 is 5.97 Å². The molecule has 1 aromatic carbocycles. The summed E-state index contributed by atoms with van der Waals surface area (Å²) in [6.07, 6.45) is 0.854. The molecule has 0 aliphatic rings. The van der Waals surface area contributed by atoms with Gasteiger partial charge in [-0.3, -0.25) is 4.68 Å². The van der Waals surface area contributed by atoms with E-state index in [9.17, 15) is 4.79 Å². The number of anilines is 1. The van der Waals surface area contributed by atoms with Crippen LogP contribution in [0, 0.1) is 6.92 Å². The summed E-state index contributed by atoms with van der Waals surface area (Å²) in [7, 11) is 1.84. The SMILES string of the molecule is CCc1cc(COC(=O)c2cc(C)ccc2N)n(C)n1. The lowest BCUT2D eigenvalue weighted by atomic mass is 10.1. The largest absolute Gasteiger partial charge is 0.456 e. The molecular formula is C15H19N3O2. The number of hydrogen-bond donors (Lipinski definition) is 1. The Morgan fingerprint density at radius 3 is 2.80 bits per heavy atom. The third-order valence-corrected chi connectivity index (χ3v) is 3.17. The Balaban J connectivity index is 2.08. The van der Waals surface area contributed by atoms with Gasteiger partial charge in [-0.1, -0.05) is 18.6 Å². The second-order valence-corrected chi connectivity index (χ2v) is 4.77. The average molecular weight is 273 g/mol. The first-order valence-corrected chi connectivity index (χ1v) is 6.56. The van der Waals surface area contributed by atoms with Gasteiger partial charge in [0.05, 0.1) is 17.0 Å². The van der Waals surface area contributed by atoms with E-state index in [1.807, 2.05) is 33.0 Å². The zero-order chi connectivity index (χ0) is 14.7. The van der Waals surface area contributed by atoms with Crippen molar-refractivity contribution < 1.29 is 9.53 Å². The maximum absolute atomic E-state index is 12.0. The molecule has 5 nitrogen and oxygen atoms in total. The van der Waals surface area contributed by atoms with E-state index in [1.54, 1.807) is 16.8 Å². The van der Waals surface area contributed by atoms with Crippen LogP contribution in [0.1, 0.15) is 34.2 Å². The molecule has 1 aromatic heterocycles. The molecule has 0 radical (unpaired) electrons. The van der Waals surface area contributed by atoms with Gasteiger partial charge in [-0.25, -0.2) is 4.79 Å². The standard InChI is InChI=1S/C15H19N3O2/c1-4-11-8-12(18(3)17-11)9-20-15(19)13-7-10(2)5-6-14(13)16/h5-8H,4,9,16H2,1-3H3. The number of rotatable bonds is 4. The second kappa shape index (κ2) is 5.77. The number of hydrogen-bond acceptors (Lipinski definition) is 4. The van der Waals surface area contributed by atoms with Crippen LogP contribution in [0.3, 0.4) is 0 Å². The summed E-state index contributed by atoms with van der Waals surface area (Å²) >= 11 is 0. The lowest BCUT2D eigenvalue weighted by molar-refractivity contribution is 0.0464. The molecule has 0 aliphatic heterocycles. The van der Waals surface area contributed by atoms with Crippen LogP contribution >= 0.6 is 0 Å². The Bertz CT molecular complexity index is 632. The number of ether oxygens (including phenoxy) is 1. The number of aromatic nitrogens is 2. The number of esters is 1. The van der Waals surface area contributed by atoms with Crippen molar-refractivity contribution in [3.63, 3.8) is 0 Å². The number of aryl methyl sites for hydroxylation is 3. The van der Waals surface area contributed by atoms with E-state index in [-0.39, 0.29) is 6.61 Å². The first kappa shape index (κ1) is 14.1. The number of nitrogens with zero attached hydrogens (tertiary/aromatic N) is 2. The van der Waals surface area contributed by atoms with E-state index < -0.39 is 5.97 Å². The smallest absolute Gasteiger partial charge is 0.340 e. The summed E-state index contributed by atoms with van der Waals surface area (Å²) in [6.45, 7) is 4.13. The van der Waals surface area contributed by atoms with E-state index in [2.05, 4.69) is 5.10 Å². The minimum Gasteiger partial charge on any atom is -0.456 e. The van der Waals surface area contributed by atoms with Crippen LogP contribution in [0.15, 0.2) is 24.3 Å². The Labute approximate surface area is 118 Å². The van der Waals surface area contributed by atoms with Gasteiger partial charge < -0.3 is 10.5 Å². The molecule has 0 bridgehead atoms. The maximum atomic E-state index is 12.0. The van der Waals surface area contributed by atoms with Gasteiger partial charge in [0.25, 0.3) is 0 Å². The number of benzene rings is 1. The fraction of sp³-hybridized carbons (Fsp3) is 0.333. The summed E-state index contributed by atoms with van der Waals surface area (Å²) in [5, 5.41) is 4.31. The van der Waals surface area contributed by atoms with Crippen LogP contribution in [0.25, 0.3) is 0 Å². The lowest BCUT2D eigenvalue weighted by Gasteiger charge is -2.08. The van der Waals surface area contributed by atoms with Crippen molar-refractivity contribution in [3.05, 3.63) is 46.8 Å². The highest BCUT2D eigenvalue weighted by molar-refractivity contribution is 5.95. The minimum absolute atomic E-state index is 0.190. The van der Waals surface area contributed by atoms with Gasteiger partial charge in [-0.15, -0.1) is 0 Å². The van der Waals surface area contributed by atoms with E-state index in [4.69, 9.17) is 10.5 Å². The molecule has 0 amide bonds. The number of nitrogens with two attached hydrogens (primary N) is 1. The third-order valence-electron chi connectivity index (χ3n) is 3.17. The maximum Gasteiger partial charge on any atom is 0.340 e. The first-order chi connectivity index (χ1) is 9.51. The van der Waals surface area contributed by atoms with E-state index in [1.165, 1.54) is 0 Å². The molecule has 0 fully saturated rings. The van der Waals surface area contributed by atoms with Crippen LogP contribution in [-0.4, -0.2) is 15.7 Å². The summed E-state index contributed by atoms with van der Waals surface area (Å²) < 4.78 is 7.04. The van der Waals surface area contributed by atoms with Crippen LogP contribution < -0.4 is 5.73 Å². The van der Waals surface area contributed by atoms with E-state index in [0.717, 1.165) is 23.4 Å². The molecule has 0 saturated carbocycles. The van der Waals surface area contributed by atoms with Crippen LogP contribution in [0.2, 0.25) is 0 Å². The highest BCUT2D eigenvalue weighted by Crippen LogP contribution is 2.16. The van der Waals surface area contributed by atoms with Gasteiger partial charge in [-0.2, -0.15) is 5.10 Å². The molecule has 0 aliphatic carbocycles. The predicted octanol–water partition coefficient (Wildman–Crippen LogP) is 2.23. The van der Waals surface area contributed by atoms with Gasteiger partial charge in [0, 0.05) is 12.7 Å². The zero-order valence-electron chi connectivity index (χ0n) is 12.0. The van der Waals surface area contributed by atoms with Crippen molar-refractivity contribution in [2.45, 2.75) is 26.9 Å². The van der Waals surface area contributed by atoms with Crippen molar-refractivity contribution >= 4 is 11.7 Å². The Morgan fingerprint density at radius 1 is 1.40 bits per heavy atom. The fourth-order valence-corrected chi connectivity index (χ4v) is 1.94. The van der Waals surface area contributed by atoms with Crippen molar-refractivity contribution in [1.29, 1.82) is 0 Å². The third kappa shape index (κ3) is 2.99. The molecule has 0 saturated heterocycles. The molecule has 2 rings (SSSR count). The van der Waals surface area contributed by atoms with Crippen molar-refractivity contribution in [2.24, 2.45) is 7.05 Å². The second-order valence-electron chi connectivity index (χ2n) is 4.77. The molecule has 2 aromatic rings. The molecule has 0 atom stereocenters. The van der Waals surface area contributed by atoms with Crippen LogP contribution in [-0.2, 0) is 24.8 Å². The molecule has 1 heterocycles. The molecule has 2 N–H and O–H groups in total. The molecular weight excluding hydrogens is 254 g/mol. The average Bonchev–Trinajstić information content (AvgIpc) is 2.79. The summed E-state index contributed by atoms with van der Waals surface area (Å²) in [6, 6.07) is 7.25. The van der Waals surface area contributed by atoms with Gasteiger partial charge in [-0.05, 0) is 31.5 Å². The van der Waals surface area contributed by atoms with Crippen LogP contribution in [0.4, 0.5) is 5.69 Å². The minimum atomic E-state index is -0.412. The molecule has 0 unspecified atom stereocenters. The predicted molar refractivity (Wildman–Crippen MR) is 77.3 cm³/mol. The van der Waals surface area contributed by atoms with Gasteiger partial charge in [0.2, 0.25) is 0 Å². The molecule has 20 heavy (non-hydrogen) atoms. The van der Waals surface area contributed by atoms with Crippen molar-refractivity contribution in [1.82, 2.24) is 9.78 Å². The fourth-order valence-electron chi connectivity index (χ4n) is 1.94. The normalized spacial score (nSPS) is 10.6. The Morgan fingerprint density at radius 2 is 2.15 bits per heavy atom. The number of carbonyl (C=O) groups excluding carboxylic acids is 1. The van der Waals surface area contributed by atoms with Crippen molar-refractivity contribution in [3.8, 4) is 0 Å². The first-order valence-electron chi connectivity index (χ1n) is 6.56. The number of carbonyl (C=O) groups is 1. The van der Waals surface area contributed by atoms with E-state index >= 15 is 0 Å². The highest BCUT2D eigenvalue weighted by atomic mass is 16.5. The summed E-state index contributed by atoms with van der Waals surface area (Å²) in [5.41, 5.74) is 9.45. The Kier molecular flexibility index (Phi) is 4.08. The topological polar surface area (TPSA) is 70.1 Å². The number of nitrogen functional groups attached to an aromatic ring is 1. The lowest BCUT2D eigenvalue weighted by Crippen LogP contribution is -2.10. The summed E-state index contributed by atoms with van der Waals surface area (Å²) in [5.74, 6) is -0.412. The van der Waals surface area contributed by atoms with Gasteiger partial charge in [0.15, 0.2) is 0 Å². The molecule has 0 spiro atoms. The quantitative estimate of drug-likeness (QED) is 0.685. The molecule has 106 valence electrons. The monoisotopic (exact) mass is 273 g/mol. The Hall–Kier alpha value is -2.30. The summed E-state index contributed by atoms with van der Waals surface area (Å²) in [4.78, 5) is 12.0. The van der Waals surface area contributed by atoms with Gasteiger partial charge in [0.1, 0.15) is 6.61 Å². The zero-order valence-corrected chi connectivity index (χ0v) is 12.0. The van der Waals surface area contributed by atoms with Crippen molar-refractivity contribution in [2.75, 3.05) is 5.73 Å². The van der Waals surface area contributed by atoms with Crippen LogP contribution in [0.5, 0.6) is 0 Å². The molecule has 5 heteroatoms. The van der Waals surface area contributed by atoms with E-state index in [0.29, 0.717) is 11.3 Å².